The number of benzene rings is 3. The summed E-state index contributed by atoms with van der Waals surface area (Å²) >= 11 is 0. The lowest BCUT2D eigenvalue weighted by molar-refractivity contribution is -0.135. The minimum atomic E-state index is -3.87. The van der Waals surface area contributed by atoms with Crippen LogP contribution in [0.1, 0.15) is 56.0 Å². The van der Waals surface area contributed by atoms with Crippen LogP contribution in [0.2, 0.25) is 0 Å². The van der Waals surface area contributed by atoms with Crippen molar-refractivity contribution in [1.82, 2.24) is 14.9 Å². The van der Waals surface area contributed by atoms with Crippen LogP contribution in [-0.2, 0) is 14.8 Å². The van der Waals surface area contributed by atoms with E-state index in [1.807, 2.05) is 49.1 Å². The van der Waals surface area contributed by atoms with Crippen LogP contribution in [-0.4, -0.2) is 56.9 Å². The van der Waals surface area contributed by atoms with Gasteiger partial charge in [0.1, 0.15) is 0 Å². The van der Waals surface area contributed by atoms with Gasteiger partial charge in [-0.2, -0.15) is 0 Å². The molecule has 2 heterocycles. The highest BCUT2D eigenvalue weighted by Gasteiger charge is 2.36. The Morgan fingerprint density at radius 1 is 1.00 bits per heavy atom. The molecule has 8 nitrogen and oxygen atoms in total. The average molecular weight is 565 g/mol. The van der Waals surface area contributed by atoms with Crippen LogP contribution in [0.4, 0.5) is 5.69 Å². The summed E-state index contributed by atoms with van der Waals surface area (Å²) in [7, 11) is -3.87. The number of hydrogen-bond donors (Lipinski definition) is 3. The van der Waals surface area contributed by atoms with Crippen molar-refractivity contribution in [2.24, 2.45) is 5.92 Å². The SMILES string of the molecule is C.CC[C@H]1CN(C(=O)C2CCCN2)CC[C@@H]1NS(=O)(=O)c1ccc(NC(=O)c2ccccc2C)c2ccccc12. The van der Waals surface area contributed by atoms with Gasteiger partial charge in [0.2, 0.25) is 15.9 Å². The molecule has 214 valence electrons. The first-order chi connectivity index (χ1) is 18.8. The van der Waals surface area contributed by atoms with Gasteiger partial charge in [-0.15, -0.1) is 0 Å². The number of fused-ring (bicyclic) bond motifs is 1. The number of piperidine rings is 1. The molecule has 3 atom stereocenters. The monoisotopic (exact) mass is 564 g/mol. The lowest BCUT2D eigenvalue weighted by Gasteiger charge is -2.39. The van der Waals surface area contributed by atoms with Gasteiger partial charge in [0.05, 0.1) is 10.9 Å². The van der Waals surface area contributed by atoms with Crippen molar-refractivity contribution >= 4 is 38.3 Å². The number of anilines is 1. The molecule has 0 bridgehead atoms. The first kappa shape index (κ1) is 29.7. The van der Waals surface area contributed by atoms with Crippen LogP contribution in [0.15, 0.2) is 65.6 Å². The summed E-state index contributed by atoms with van der Waals surface area (Å²) in [6.45, 7) is 5.86. The second-order valence-electron chi connectivity index (χ2n) is 10.5. The molecule has 2 aliphatic heterocycles. The molecule has 0 saturated carbocycles. The maximum Gasteiger partial charge on any atom is 0.255 e. The van der Waals surface area contributed by atoms with Gasteiger partial charge >= 0.3 is 0 Å². The molecule has 2 amide bonds. The number of hydrogen-bond acceptors (Lipinski definition) is 5. The number of nitrogens with zero attached hydrogens (tertiary/aromatic N) is 1. The summed E-state index contributed by atoms with van der Waals surface area (Å²) in [5.74, 6) is -0.0914. The van der Waals surface area contributed by atoms with E-state index in [4.69, 9.17) is 0 Å². The molecule has 3 aromatic carbocycles. The number of rotatable bonds is 7. The van der Waals surface area contributed by atoms with Gasteiger partial charge in [-0.05, 0) is 62.4 Å². The Bertz CT molecular complexity index is 1480. The van der Waals surface area contributed by atoms with Crippen molar-refractivity contribution in [3.05, 3.63) is 71.8 Å². The number of carbonyl (C=O) groups excluding carboxylic acids is 2. The molecule has 2 fully saturated rings. The second-order valence-corrected chi connectivity index (χ2v) is 12.2. The molecule has 3 N–H and O–H groups in total. The Labute approximate surface area is 237 Å². The number of nitrogens with one attached hydrogen (secondary N) is 3. The Hall–Kier alpha value is -3.27. The van der Waals surface area contributed by atoms with E-state index in [0.717, 1.165) is 31.4 Å². The van der Waals surface area contributed by atoms with E-state index < -0.39 is 10.0 Å². The quantitative estimate of drug-likeness (QED) is 0.386. The predicted molar refractivity (Wildman–Crippen MR) is 160 cm³/mol. The van der Waals surface area contributed by atoms with E-state index in [2.05, 4.69) is 15.4 Å². The molecule has 0 spiro atoms. The molecule has 3 aromatic rings. The maximum absolute atomic E-state index is 13.7. The van der Waals surface area contributed by atoms with Crippen molar-refractivity contribution in [3.63, 3.8) is 0 Å². The lowest BCUT2D eigenvalue weighted by atomic mass is 9.90. The zero-order valence-electron chi connectivity index (χ0n) is 22.4. The van der Waals surface area contributed by atoms with Gasteiger partial charge in [-0.25, -0.2) is 13.1 Å². The number of amides is 2. The van der Waals surface area contributed by atoms with Crippen molar-refractivity contribution in [2.45, 2.75) is 63.9 Å². The zero-order chi connectivity index (χ0) is 27.6. The Morgan fingerprint density at radius 2 is 1.73 bits per heavy atom. The highest BCUT2D eigenvalue weighted by atomic mass is 32.2. The largest absolute Gasteiger partial charge is 0.341 e. The highest BCUT2D eigenvalue weighted by molar-refractivity contribution is 7.89. The minimum absolute atomic E-state index is 0. The molecule has 9 heteroatoms. The van der Waals surface area contributed by atoms with Crippen LogP contribution >= 0.6 is 0 Å². The third-order valence-corrected chi connectivity index (χ3v) is 9.59. The average Bonchev–Trinajstić information content (AvgIpc) is 3.48. The molecular weight excluding hydrogens is 524 g/mol. The van der Waals surface area contributed by atoms with Crippen LogP contribution in [0.3, 0.4) is 0 Å². The second kappa shape index (κ2) is 12.5. The Balaban J connectivity index is 0.00000370. The van der Waals surface area contributed by atoms with Crippen molar-refractivity contribution in [2.75, 3.05) is 25.0 Å². The Kier molecular flexibility index (Phi) is 9.28. The fourth-order valence-corrected chi connectivity index (χ4v) is 7.36. The number of carbonyl (C=O) groups is 2. The van der Waals surface area contributed by atoms with E-state index in [1.54, 1.807) is 30.3 Å². The summed E-state index contributed by atoms with van der Waals surface area (Å²) in [5.41, 5.74) is 1.98. The van der Waals surface area contributed by atoms with Gasteiger partial charge in [-0.3, -0.25) is 9.59 Å². The molecule has 2 saturated heterocycles. The van der Waals surface area contributed by atoms with Crippen LogP contribution in [0.25, 0.3) is 10.8 Å². The fraction of sp³-hybridized carbons (Fsp3) is 0.419. The van der Waals surface area contributed by atoms with Gasteiger partial charge in [0, 0.05) is 41.2 Å². The van der Waals surface area contributed by atoms with Crippen molar-refractivity contribution < 1.29 is 18.0 Å². The van der Waals surface area contributed by atoms with Gasteiger partial charge in [0.25, 0.3) is 5.91 Å². The molecule has 0 radical (unpaired) electrons. The van der Waals surface area contributed by atoms with Crippen molar-refractivity contribution in [1.29, 1.82) is 0 Å². The van der Waals surface area contributed by atoms with Gasteiger partial charge < -0.3 is 15.5 Å². The number of aryl methyl sites for hydroxylation is 1. The lowest BCUT2D eigenvalue weighted by Crippen LogP contribution is -2.55. The molecule has 40 heavy (non-hydrogen) atoms. The van der Waals surface area contributed by atoms with Gasteiger partial charge in [0.15, 0.2) is 0 Å². The summed E-state index contributed by atoms with van der Waals surface area (Å²) in [6.07, 6.45) is 3.20. The van der Waals surface area contributed by atoms with E-state index >= 15 is 0 Å². The van der Waals surface area contributed by atoms with Crippen LogP contribution in [0.5, 0.6) is 0 Å². The van der Waals surface area contributed by atoms with Crippen LogP contribution < -0.4 is 15.4 Å². The molecular formula is C31H40N4O4S. The van der Waals surface area contributed by atoms with Crippen molar-refractivity contribution in [3.8, 4) is 0 Å². The highest BCUT2D eigenvalue weighted by Crippen LogP contribution is 2.31. The fourth-order valence-electron chi connectivity index (χ4n) is 5.81. The smallest absolute Gasteiger partial charge is 0.255 e. The maximum atomic E-state index is 13.7. The number of sulfonamides is 1. The standard InChI is InChI=1S/C30H36N4O4S.CH4/c1-3-21-19-34(30(36)27-13-8-17-31-27)18-16-25(21)33-39(37,38)28-15-14-26(23-11-6-7-12-24(23)28)32-29(35)22-10-5-4-9-20(22)2;/h4-7,9-12,14-15,21,25,27,31,33H,3,8,13,16-19H2,1-2H3,(H,32,35);1H4/t21-,25-,27?;/m0./s1. The zero-order valence-corrected chi connectivity index (χ0v) is 23.3. The number of likely N-dealkylation sites (tertiary alicyclic amines) is 1. The predicted octanol–water partition coefficient (Wildman–Crippen LogP) is 4.69. The van der Waals surface area contributed by atoms with E-state index in [9.17, 15) is 18.0 Å². The van der Waals surface area contributed by atoms with E-state index in [-0.39, 0.29) is 42.1 Å². The first-order valence-electron chi connectivity index (χ1n) is 13.7. The molecule has 1 unspecified atom stereocenters. The summed E-state index contributed by atoms with van der Waals surface area (Å²) in [6, 6.07) is 17.4. The molecule has 5 rings (SSSR count). The first-order valence-corrected chi connectivity index (χ1v) is 15.2. The third-order valence-electron chi connectivity index (χ3n) is 8.05. The molecule has 0 aliphatic carbocycles. The molecule has 0 aromatic heterocycles. The van der Waals surface area contributed by atoms with Gasteiger partial charge in [-0.1, -0.05) is 63.2 Å². The summed E-state index contributed by atoms with van der Waals surface area (Å²) < 4.78 is 30.4. The molecule has 2 aliphatic rings. The van der Waals surface area contributed by atoms with E-state index in [1.165, 1.54) is 0 Å². The summed E-state index contributed by atoms with van der Waals surface area (Å²) in [5, 5.41) is 7.43. The third kappa shape index (κ3) is 6.06. The van der Waals surface area contributed by atoms with Crippen LogP contribution in [0, 0.1) is 12.8 Å². The Morgan fingerprint density at radius 3 is 2.42 bits per heavy atom. The minimum Gasteiger partial charge on any atom is -0.341 e. The topological polar surface area (TPSA) is 108 Å². The summed E-state index contributed by atoms with van der Waals surface area (Å²) in [4.78, 5) is 28.0. The van der Waals surface area contributed by atoms with E-state index in [0.29, 0.717) is 41.5 Å². The normalized spacial score (nSPS) is 21.1.